The summed E-state index contributed by atoms with van der Waals surface area (Å²) < 4.78 is 13.3. The lowest BCUT2D eigenvalue weighted by Gasteiger charge is -2.20. The molecule has 1 aliphatic heterocycles. The van der Waals surface area contributed by atoms with E-state index in [0.717, 1.165) is 19.3 Å². The van der Waals surface area contributed by atoms with Gasteiger partial charge in [-0.1, -0.05) is 6.42 Å². The monoisotopic (exact) mass is 239 g/mol. The average Bonchev–Trinajstić information content (AvgIpc) is 2.47. The van der Waals surface area contributed by atoms with E-state index < -0.39 is 0 Å². The SMILES string of the molecule is O=C1CCCCCN1c1ccc(S)c(F)c1. The van der Waals surface area contributed by atoms with Crippen molar-refractivity contribution in [3.8, 4) is 0 Å². The van der Waals surface area contributed by atoms with Crippen molar-refractivity contribution in [1.82, 2.24) is 0 Å². The van der Waals surface area contributed by atoms with Gasteiger partial charge in [0.1, 0.15) is 5.82 Å². The van der Waals surface area contributed by atoms with Gasteiger partial charge in [-0.15, -0.1) is 12.6 Å². The zero-order valence-electron chi connectivity index (χ0n) is 8.95. The second-order valence-electron chi connectivity index (χ2n) is 3.99. The van der Waals surface area contributed by atoms with Crippen LogP contribution in [-0.4, -0.2) is 12.5 Å². The molecular formula is C12H14FNOS. The smallest absolute Gasteiger partial charge is 0.226 e. The van der Waals surface area contributed by atoms with Crippen LogP contribution in [0, 0.1) is 5.82 Å². The Bertz CT molecular complexity index is 408. The summed E-state index contributed by atoms with van der Waals surface area (Å²) in [5.74, 6) is -0.290. The Balaban J connectivity index is 2.27. The van der Waals surface area contributed by atoms with Crippen LogP contribution in [-0.2, 0) is 4.79 Å². The van der Waals surface area contributed by atoms with E-state index in [9.17, 15) is 9.18 Å². The molecule has 0 unspecified atom stereocenters. The molecule has 1 aromatic rings. The molecule has 86 valence electrons. The molecule has 1 fully saturated rings. The van der Waals surface area contributed by atoms with E-state index in [-0.39, 0.29) is 11.7 Å². The Hall–Kier alpha value is -1.03. The highest BCUT2D eigenvalue weighted by atomic mass is 32.1. The van der Waals surface area contributed by atoms with Crippen molar-refractivity contribution in [2.75, 3.05) is 11.4 Å². The highest BCUT2D eigenvalue weighted by Gasteiger charge is 2.18. The number of hydrogen-bond acceptors (Lipinski definition) is 2. The first-order chi connectivity index (χ1) is 7.68. The molecule has 0 radical (unpaired) electrons. The number of carbonyl (C=O) groups is 1. The van der Waals surface area contributed by atoms with Gasteiger partial charge in [0.25, 0.3) is 0 Å². The zero-order chi connectivity index (χ0) is 11.5. The van der Waals surface area contributed by atoms with Crippen LogP contribution in [0.15, 0.2) is 23.1 Å². The number of benzene rings is 1. The van der Waals surface area contributed by atoms with Gasteiger partial charge in [-0.05, 0) is 31.0 Å². The number of rotatable bonds is 1. The zero-order valence-corrected chi connectivity index (χ0v) is 9.84. The largest absolute Gasteiger partial charge is 0.312 e. The van der Waals surface area contributed by atoms with Crippen LogP contribution in [0.2, 0.25) is 0 Å². The van der Waals surface area contributed by atoms with Crippen LogP contribution in [0.3, 0.4) is 0 Å². The van der Waals surface area contributed by atoms with Crippen LogP contribution >= 0.6 is 12.6 Å². The molecule has 2 rings (SSSR count). The average molecular weight is 239 g/mol. The van der Waals surface area contributed by atoms with Gasteiger partial charge in [-0.2, -0.15) is 0 Å². The number of anilines is 1. The maximum Gasteiger partial charge on any atom is 0.226 e. The summed E-state index contributed by atoms with van der Waals surface area (Å²) in [6, 6.07) is 4.71. The Morgan fingerprint density at radius 3 is 2.81 bits per heavy atom. The van der Waals surface area contributed by atoms with Gasteiger partial charge in [-0.25, -0.2) is 4.39 Å². The maximum atomic E-state index is 13.3. The van der Waals surface area contributed by atoms with Gasteiger partial charge in [-0.3, -0.25) is 4.79 Å². The number of nitrogens with zero attached hydrogens (tertiary/aromatic N) is 1. The third kappa shape index (κ3) is 2.38. The van der Waals surface area contributed by atoms with Crippen LogP contribution in [0.5, 0.6) is 0 Å². The molecule has 0 aromatic heterocycles. The quantitative estimate of drug-likeness (QED) is 0.747. The molecule has 0 aliphatic carbocycles. The number of hydrogen-bond donors (Lipinski definition) is 1. The fourth-order valence-electron chi connectivity index (χ4n) is 1.92. The molecular weight excluding hydrogens is 225 g/mol. The number of amides is 1. The van der Waals surface area contributed by atoms with Crippen molar-refractivity contribution in [3.05, 3.63) is 24.0 Å². The second kappa shape index (κ2) is 4.87. The Labute approximate surface area is 99.9 Å². The van der Waals surface area contributed by atoms with Crippen molar-refractivity contribution in [3.63, 3.8) is 0 Å². The van der Waals surface area contributed by atoms with Crippen LogP contribution in [0.25, 0.3) is 0 Å². The summed E-state index contributed by atoms with van der Waals surface area (Å²) >= 11 is 3.97. The Morgan fingerprint density at radius 2 is 2.06 bits per heavy atom. The molecule has 1 aromatic carbocycles. The Morgan fingerprint density at radius 1 is 1.25 bits per heavy atom. The van der Waals surface area contributed by atoms with E-state index in [4.69, 9.17) is 0 Å². The molecule has 1 amide bonds. The van der Waals surface area contributed by atoms with E-state index in [2.05, 4.69) is 12.6 Å². The second-order valence-corrected chi connectivity index (χ2v) is 4.47. The molecule has 1 aliphatic rings. The van der Waals surface area contributed by atoms with E-state index >= 15 is 0 Å². The van der Waals surface area contributed by atoms with Crippen LogP contribution < -0.4 is 4.90 Å². The van der Waals surface area contributed by atoms with Crippen molar-refractivity contribution in [2.45, 2.75) is 30.6 Å². The molecule has 1 heterocycles. The lowest BCUT2D eigenvalue weighted by atomic mass is 10.2. The standard InChI is InChI=1S/C12H14FNOS/c13-10-8-9(5-6-11(10)16)14-7-3-1-2-4-12(14)15/h5-6,8,16H,1-4,7H2. The van der Waals surface area contributed by atoms with Gasteiger partial charge in [0.2, 0.25) is 5.91 Å². The summed E-state index contributed by atoms with van der Waals surface area (Å²) in [5.41, 5.74) is 0.641. The fraction of sp³-hybridized carbons (Fsp3) is 0.417. The lowest BCUT2D eigenvalue weighted by Crippen LogP contribution is -2.29. The highest BCUT2D eigenvalue weighted by Crippen LogP contribution is 2.24. The molecule has 0 spiro atoms. The lowest BCUT2D eigenvalue weighted by molar-refractivity contribution is -0.118. The normalized spacial score (nSPS) is 17.4. The highest BCUT2D eigenvalue weighted by molar-refractivity contribution is 7.80. The van der Waals surface area contributed by atoms with E-state index in [1.165, 1.54) is 6.07 Å². The van der Waals surface area contributed by atoms with E-state index in [1.807, 2.05) is 0 Å². The molecule has 0 saturated carbocycles. The van der Waals surface area contributed by atoms with E-state index in [0.29, 0.717) is 23.5 Å². The Kier molecular flexibility index (Phi) is 3.49. The van der Waals surface area contributed by atoms with Gasteiger partial charge >= 0.3 is 0 Å². The first kappa shape index (κ1) is 11.5. The van der Waals surface area contributed by atoms with Gasteiger partial charge in [0.15, 0.2) is 0 Å². The minimum absolute atomic E-state index is 0.0869. The van der Waals surface area contributed by atoms with Crippen molar-refractivity contribution in [1.29, 1.82) is 0 Å². The van der Waals surface area contributed by atoms with Crippen molar-refractivity contribution in [2.24, 2.45) is 0 Å². The molecule has 0 bridgehead atoms. The minimum atomic E-state index is -0.377. The maximum absolute atomic E-state index is 13.3. The third-order valence-electron chi connectivity index (χ3n) is 2.82. The molecule has 0 N–H and O–H groups in total. The van der Waals surface area contributed by atoms with Crippen LogP contribution in [0.1, 0.15) is 25.7 Å². The number of thiol groups is 1. The summed E-state index contributed by atoms with van der Waals surface area (Å²) in [6.07, 6.45) is 3.54. The van der Waals surface area contributed by atoms with Gasteiger partial charge < -0.3 is 4.90 Å². The summed E-state index contributed by atoms with van der Waals surface area (Å²) in [5, 5.41) is 0. The van der Waals surface area contributed by atoms with Crippen molar-refractivity contribution < 1.29 is 9.18 Å². The third-order valence-corrected chi connectivity index (χ3v) is 3.18. The van der Waals surface area contributed by atoms with E-state index in [1.54, 1.807) is 17.0 Å². The molecule has 4 heteroatoms. The van der Waals surface area contributed by atoms with Crippen LogP contribution in [0.4, 0.5) is 10.1 Å². The predicted octanol–water partition coefficient (Wildman–Crippen LogP) is 3.02. The van der Waals surface area contributed by atoms with Gasteiger partial charge in [0.05, 0.1) is 0 Å². The first-order valence-corrected chi connectivity index (χ1v) is 5.92. The number of carbonyl (C=O) groups excluding carboxylic acids is 1. The van der Waals surface area contributed by atoms with Gasteiger partial charge in [0, 0.05) is 23.5 Å². The molecule has 0 atom stereocenters. The fourth-order valence-corrected chi connectivity index (χ4v) is 2.06. The summed E-state index contributed by atoms with van der Waals surface area (Å²) in [6.45, 7) is 0.685. The van der Waals surface area contributed by atoms with Crippen molar-refractivity contribution >= 4 is 24.2 Å². The topological polar surface area (TPSA) is 20.3 Å². The summed E-state index contributed by atoms with van der Waals surface area (Å²) in [7, 11) is 0. The minimum Gasteiger partial charge on any atom is -0.312 e. The molecule has 16 heavy (non-hydrogen) atoms. The predicted molar refractivity (Wildman–Crippen MR) is 64.5 cm³/mol. The first-order valence-electron chi connectivity index (χ1n) is 5.47. The molecule has 1 saturated heterocycles. The number of halogens is 1. The summed E-state index contributed by atoms with van der Waals surface area (Å²) in [4.78, 5) is 13.8. The molecule has 2 nitrogen and oxygen atoms in total.